The van der Waals surface area contributed by atoms with E-state index in [4.69, 9.17) is 10.5 Å². The maximum absolute atomic E-state index is 13.0. The number of rotatable bonds is 5. The molecule has 2 aromatic carbocycles. The third-order valence-corrected chi connectivity index (χ3v) is 2.88. The summed E-state index contributed by atoms with van der Waals surface area (Å²) >= 11 is 0. The molecule has 0 spiro atoms. The van der Waals surface area contributed by atoms with Crippen LogP contribution in [-0.2, 0) is 6.42 Å². The topological polar surface area (TPSA) is 47.3 Å². The molecule has 0 aliphatic rings. The molecule has 100 valence electrons. The number of hydrogen-bond acceptors (Lipinski definition) is 3. The summed E-state index contributed by atoms with van der Waals surface area (Å²) in [4.78, 5) is 0. The Bertz CT molecular complexity index is 558. The first-order chi connectivity index (χ1) is 9.19. The molecule has 2 rings (SSSR count). The van der Waals surface area contributed by atoms with E-state index >= 15 is 0 Å². The van der Waals surface area contributed by atoms with Gasteiger partial charge in [0.1, 0.15) is 11.6 Å². The standard InChI is InChI=1S/C15H17FN2O/c1-19-13-5-6-14(17)15(10-13)18-8-7-11-3-2-4-12(16)9-11/h2-6,9-10,18H,7-8,17H2,1H3. The summed E-state index contributed by atoms with van der Waals surface area (Å²) < 4.78 is 18.2. The van der Waals surface area contributed by atoms with Gasteiger partial charge in [-0.05, 0) is 36.2 Å². The normalized spacial score (nSPS) is 10.2. The Hall–Kier alpha value is -2.23. The number of methoxy groups -OCH3 is 1. The summed E-state index contributed by atoms with van der Waals surface area (Å²) in [6, 6.07) is 12.1. The molecule has 0 unspecified atom stereocenters. The van der Waals surface area contributed by atoms with Crippen molar-refractivity contribution in [1.29, 1.82) is 0 Å². The van der Waals surface area contributed by atoms with Gasteiger partial charge in [-0.15, -0.1) is 0 Å². The van der Waals surface area contributed by atoms with Gasteiger partial charge in [0, 0.05) is 12.6 Å². The molecular formula is C15H17FN2O. The van der Waals surface area contributed by atoms with E-state index in [2.05, 4.69) is 5.32 Å². The van der Waals surface area contributed by atoms with E-state index < -0.39 is 0 Å². The van der Waals surface area contributed by atoms with Crippen LogP contribution in [0.15, 0.2) is 42.5 Å². The Labute approximate surface area is 112 Å². The summed E-state index contributed by atoms with van der Waals surface area (Å²) in [6.07, 6.45) is 0.731. The Morgan fingerprint density at radius 2 is 2.05 bits per heavy atom. The second-order valence-corrected chi connectivity index (χ2v) is 4.26. The molecule has 0 radical (unpaired) electrons. The van der Waals surface area contributed by atoms with Crippen molar-refractivity contribution in [1.82, 2.24) is 0 Å². The van der Waals surface area contributed by atoms with E-state index in [9.17, 15) is 4.39 Å². The third kappa shape index (κ3) is 3.61. The van der Waals surface area contributed by atoms with Crippen LogP contribution in [0.25, 0.3) is 0 Å². The van der Waals surface area contributed by atoms with Crippen molar-refractivity contribution >= 4 is 11.4 Å². The molecule has 0 heterocycles. The van der Waals surface area contributed by atoms with E-state index in [0.29, 0.717) is 12.2 Å². The van der Waals surface area contributed by atoms with Crippen LogP contribution in [0.3, 0.4) is 0 Å². The molecule has 0 amide bonds. The number of halogens is 1. The molecule has 0 bridgehead atoms. The van der Waals surface area contributed by atoms with Gasteiger partial charge in [-0.25, -0.2) is 4.39 Å². The Balaban J connectivity index is 1.95. The molecule has 3 nitrogen and oxygen atoms in total. The van der Waals surface area contributed by atoms with E-state index in [-0.39, 0.29) is 5.82 Å². The van der Waals surface area contributed by atoms with Crippen LogP contribution < -0.4 is 15.8 Å². The molecule has 0 saturated heterocycles. The van der Waals surface area contributed by atoms with Gasteiger partial charge < -0.3 is 15.8 Å². The third-order valence-electron chi connectivity index (χ3n) is 2.88. The quantitative estimate of drug-likeness (QED) is 0.812. The number of nitrogens with one attached hydrogen (secondary N) is 1. The maximum atomic E-state index is 13.0. The van der Waals surface area contributed by atoms with Crippen LogP contribution in [0.5, 0.6) is 5.75 Å². The zero-order valence-corrected chi connectivity index (χ0v) is 10.8. The number of nitrogen functional groups attached to an aromatic ring is 1. The Kier molecular flexibility index (Phi) is 4.23. The van der Waals surface area contributed by atoms with Gasteiger partial charge in [0.2, 0.25) is 0 Å². The fraction of sp³-hybridized carbons (Fsp3) is 0.200. The monoisotopic (exact) mass is 260 g/mol. The Morgan fingerprint density at radius 3 is 2.79 bits per heavy atom. The number of anilines is 2. The highest BCUT2D eigenvalue weighted by Gasteiger charge is 2.01. The summed E-state index contributed by atoms with van der Waals surface area (Å²) in [5.74, 6) is 0.542. The van der Waals surface area contributed by atoms with Crippen LogP contribution in [0.4, 0.5) is 15.8 Å². The first-order valence-electron chi connectivity index (χ1n) is 6.11. The lowest BCUT2D eigenvalue weighted by Crippen LogP contribution is -2.07. The summed E-state index contributed by atoms with van der Waals surface area (Å²) in [7, 11) is 1.61. The van der Waals surface area contributed by atoms with Gasteiger partial charge >= 0.3 is 0 Å². The van der Waals surface area contributed by atoms with Gasteiger partial charge in [0.15, 0.2) is 0 Å². The highest BCUT2D eigenvalue weighted by atomic mass is 19.1. The first-order valence-corrected chi connectivity index (χ1v) is 6.11. The van der Waals surface area contributed by atoms with Crippen molar-refractivity contribution in [3.05, 3.63) is 53.8 Å². The van der Waals surface area contributed by atoms with Crippen LogP contribution in [0.2, 0.25) is 0 Å². The molecule has 0 aromatic heterocycles. The lowest BCUT2D eigenvalue weighted by molar-refractivity contribution is 0.415. The van der Waals surface area contributed by atoms with E-state index in [1.165, 1.54) is 12.1 Å². The molecule has 3 N–H and O–H groups in total. The van der Waals surface area contributed by atoms with E-state index in [0.717, 1.165) is 23.4 Å². The summed E-state index contributed by atoms with van der Waals surface area (Å²) in [6.45, 7) is 0.681. The van der Waals surface area contributed by atoms with E-state index in [1.807, 2.05) is 18.2 Å². The second-order valence-electron chi connectivity index (χ2n) is 4.26. The van der Waals surface area contributed by atoms with Gasteiger partial charge in [-0.1, -0.05) is 12.1 Å². The predicted molar refractivity (Wildman–Crippen MR) is 76.0 cm³/mol. The van der Waals surface area contributed by atoms with Crippen molar-refractivity contribution in [3.63, 3.8) is 0 Å². The minimum Gasteiger partial charge on any atom is -0.497 e. The molecule has 19 heavy (non-hydrogen) atoms. The van der Waals surface area contributed by atoms with Gasteiger partial charge in [0.25, 0.3) is 0 Å². The summed E-state index contributed by atoms with van der Waals surface area (Å²) in [5, 5.41) is 3.23. The molecule has 0 saturated carbocycles. The average molecular weight is 260 g/mol. The maximum Gasteiger partial charge on any atom is 0.123 e. The molecule has 0 atom stereocenters. The van der Waals surface area contributed by atoms with E-state index in [1.54, 1.807) is 19.2 Å². The number of benzene rings is 2. The zero-order valence-electron chi connectivity index (χ0n) is 10.8. The van der Waals surface area contributed by atoms with Crippen LogP contribution in [-0.4, -0.2) is 13.7 Å². The average Bonchev–Trinajstić information content (AvgIpc) is 2.41. The number of nitrogens with two attached hydrogens (primary N) is 1. The molecule has 0 aliphatic heterocycles. The molecule has 0 aliphatic carbocycles. The van der Waals surface area contributed by atoms with Crippen molar-refractivity contribution in [2.24, 2.45) is 0 Å². The number of ether oxygens (including phenoxy) is 1. The van der Waals surface area contributed by atoms with Crippen LogP contribution in [0, 0.1) is 5.82 Å². The fourth-order valence-electron chi connectivity index (χ4n) is 1.85. The Morgan fingerprint density at radius 1 is 1.21 bits per heavy atom. The first kappa shape index (κ1) is 13.2. The summed E-state index contributed by atoms with van der Waals surface area (Å²) in [5.41, 5.74) is 8.32. The smallest absolute Gasteiger partial charge is 0.123 e. The van der Waals surface area contributed by atoms with Crippen molar-refractivity contribution < 1.29 is 9.13 Å². The largest absolute Gasteiger partial charge is 0.497 e. The van der Waals surface area contributed by atoms with Gasteiger partial charge in [0.05, 0.1) is 18.5 Å². The molecule has 2 aromatic rings. The minimum atomic E-state index is -0.210. The SMILES string of the molecule is COc1ccc(N)c(NCCc2cccc(F)c2)c1. The molecule has 4 heteroatoms. The lowest BCUT2D eigenvalue weighted by atomic mass is 10.1. The highest BCUT2D eigenvalue weighted by Crippen LogP contribution is 2.24. The van der Waals surface area contributed by atoms with Crippen LogP contribution >= 0.6 is 0 Å². The predicted octanol–water partition coefficient (Wildman–Crippen LogP) is 3.07. The van der Waals surface area contributed by atoms with Gasteiger partial charge in [-0.2, -0.15) is 0 Å². The van der Waals surface area contributed by atoms with Gasteiger partial charge in [-0.3, -0.25) is 0 Å². The van der Waals surface area contributed by atoms with Crippen molar-refractivity contribution in [2.75, 3.05) is 24.7 Å². The number of hydrogen-bond donors (Lipinski definition) is 2. The lowest BCUT2D eigenvalue weighted by Gasteiger charge is -2.11. The van der Waals surface area contributed by atoms with Crippen molar-refractivity contribution in [3.8, 4) is 5.75 Å². The molecular weight excluding hydrogens is 243 g/mol. The second kappa shape index (κ2) is 6.09. The minimum absolute atomic E-state index is 0.210. The highest BCUT2D eigenvalue weighted by molar-refractivity contribution is 5.68. The van der Waals surface area contributed by atoms with Crippen molar-refractivity contribution in [2.45, 2.75) is 6.42 Å². The molecule has 0 fully saturated rings. The zero-order chi connectivity index (χ0) is 13.7. The van der Waals surface area contributed by atoms with Crippen LogP contribution in [0.1, 0.15) is 5.56 Å². The fourth-order valence-corrected chi connectivity index (χ4v) is 1.85.